The minimum atomic E-state index is -0.232. The van der Waals surface area contributed by atoms with Gasteiger partial charge < -0.3 is 9.84 Å². The highest BCUT2D eigenvalue weighted by atomic mass is 16.5. The van der Waals surface area contributed by atoms with Gasteiger partial charge in [0, 0.05) is 0 Å². The molecule has 4 aliphatic rings. The number of aliphatic hydroxyl groups excluding tert-OH is 1. The maximum Gasteiger partial charge on any atom is 0.0824 e. The van der Waals surface area contributed by atoms with Gasteiger partial charge in [0.2, 0.25) is 0 Å². The Bertz CT molecular complexity index is 522. The average molecular weight is 256 g/mol. The standard InChI is InChI=1S/C17H20O2/c18-17(11-3-4-12-7-19-8-13(12)6-11)16-14-9-1-2-10(5-9)15(14)16/h3-4,6,9-10,14-18H,1-2,5,7-8H2. The van der Waals surface area contributed by atoms with Gasteiger partial charge in [-0.3, -0.25) is 0 Å². The molecular weight excluding hydrogens is 236 g/mol. The summed E-state index contributed by atoms with van der Waals surface area (Å²) in [6, 6.07) is 6.45. The molecule has 1 N–H and O–H groups in total. The number of ether oxygens (including phenoxy) is 1. The zero-order valence-corrected chi connectivity index (χ0v) is 11.1. The Hall–Kier alpha value is -0.860. The molecule has 5 atom stereocenters. The first-order valence-electron chi connectivity index (χ1n) is 7.70. The van der Waals surface area contributed by atoms with Crippen molar-refractivity contribution < 1.29 is 9.84 Å². The van der Waals surface area contributed by atoms with Crippen molar-refractivity contribution in [1.29, 1.82) is 0 Å². The predicted molar refractivity (Wildman–Crippen MR) is 71.2 cm³/mol. The molecule has 1 aliphatic heterocycles. The van der Waals surface area contributed by atoms with Crippen molar-refractivity contribution in [2.45, 2.75) is 38.6 Å². The van der Waals surface area contributed by atoms with Crippen LogP contribution in [0, 0.1) is 29.6 Å². The molecule has 1 aromatic rings. The van der Waals surface area contributed by atoms with Gasteiger partial charge in [-0.1, -0.05) is 18.2 Å². The lowest BCUT2D eigenvalue weighted by molar-refractivity contribution is 0.129. The Morgan fingerprint density at radius 2 is 1.79 bits per heavy atom. The maximum absolute atomic E-state index is 10.7. The smallest absolute Gasteiger partial charge is 0.0824 e. The summed E-state index contributed by atoms with van der Waals surface area (Å²) in [6.07, 6.45) is 4.07. The highest BCUT2D eigenvalue weighted by Crippen LogP contribution is 2.72. The Balaban J connectivity index is 1.42. The lowest BCUT2D eigenvalue weighted by Gasteiger charge is -2.16. The van der Waals surface area contributed by atoms with Crippen LogP contribution >= 0.6 is 0 Å². The van der Waals surface area contributed by atoms with E-state index in [0.717, 1.165) is 42.4 Å². The Morgan fingerprint density at radius 3 is 2.58 bits per heavy atom. The summed E-state index contributed by atoms with van der Waals surface area (Å²) in [5.41, 5.74) is 3.71. The van der Waals surface area contributed by atoms with E-state index in [2.05, 4.69) is 18.2 Å². The normalized spacial score (nSPS) is 43.1. The van der Waals surface area contributed by atoms with E-state index in [1.165, 1.54) is 30.4 Å². The van der Waals surface area contributed by atoms with Gasteiger partial charge in [-0.05, 0) is 65.5 Å². The van der Waals surface area contributed by atoms with Gasteiger partial charge in [0.05, 0.1) is 19.3 Å². The van der Waals surface area contributed by atoms with Crippen LogP contribution in [0.5, 0.6) is 0 Å². The maximum atomic E-state index is 10.7. The topological polar surface area (TPSA) is 29.5 Å². The second kappa shape index (κ2) is 3.62. The largest absolute Gasteiger partial charge is 0.388 e. The number of fused-ring (bicyclic) bond motifs is 6. The van der Waals surface area contributed by atoms with Crippen molar-refractivity contribution in [1.82, 2.24) is 0 Å². The van der Waals surface area contributed by atoms with E-state index in [1.54, 1.807) is 0 Å². The molecule has 1 aromatic carbocycles. The van der Waals surface area contributed by atoms with E-state index in [0.29, 0.717) is 5.92 Å². The van der Waals surface area contributed by atoms with Crippen LogP contribution in [0.25, 0.3) is 0 Å². The van der Waals surface area contributed by atoms with Crippen LogP contribution in [0.4, 0.5) is 0 Å². The fourth-order valence-electron chi connectivity index (χ4n) is 5.41. The molecule has 0 spiro atoms. The molecule has 2 bridgehead atoms. The first-order valence-corrected chi connectivity index (χ1v) is 7.70. The molecule has 5 rings (SSSR count). The van der Waals surface area contributed by atoms with E-state index < -0.39 is 0 Å². The summed E-state index contributed by atoms with van der Waals surface area (Å²) in [4.78, 5) is 0. The van der Waals surface area contributed by atoms with Gasteiger partial charge in [-0.2, -0.15) is 0 Å². The first-order chi connectivity index (χ1) is 9.33. The molecular formula is C17H20O2. The predicted octanol–water partition coefficient (Wildman–Crippen LogP) is 3.04. The summed E-state index contributed by atoms with van der Waals surface area (Å²) in [5, 5.41) is 10.7. The highest BCUT2D eigenvalue weighted by molar-refractivity contribution is 5.35. The third-order valence-corrected chi connectivity index (χ3v) is 6.25. The van der Waals surface area contributed by atoms with Crippen LogP contribution in [0.2, 0.25) is 0 Å². The number of rotatable bonds is 2. The summed E-state index contributed by atoms with van der Waals surface area (Å²) in [6.45, 7) is 1.46. The monoisotopic (exact) mass is 256 g/mol. The zero-order chi connectivity index (χ0) is 12.6. The molecule has 5 unspecified atom stereocenters. The van der Waals surface area contributed by atoms with Crippen molar-refractivity contribution in [3.63, 3.8) is 0 Å². The highest BCUT2D eigenvalue weighted by Gasteiger charge is 2.66. The molecule has 3 aliphatic carbocycles. The van der Waals surface area contributed by atoms with Gasteiger partial charge >= 0.3 is 0 Å². The van der Waals surface area contributed by atoms with E-state index in [9.17, 15) is 5.11 Å². The van der Waals surface area contributed by atoms with E-state index >= 15 is 0 Å². The Labute approximate surface area is 113 Å². The van der Waals surface area contributed by atoms with Crippen LogP contribution in [-0.2, 0) is 18.0 Å². The molecule has 0 aromatic heterocycles. The molecule has 2 heteroatoms. The first kappa shape index (κ1) is 10.9. The quantitative estimate of drug-likeness (QED) is 0.881. The molecule has 100 valence electrons. The molecule has 3 fully saturated rings. The summed E-state index contributed by atoms with van der Waals surface area (Å²) in [5.74, 6) is 4.13. The number of hydrogen-bond donors (Lipinski definition) is 1. The van der Waals surface area contributed by atoms with E-state index in [1.807, 2.05) is 0 Å². The van der Waals surface area contributed by atoms with Crippen LogP contribution in [0.15, 0.2) is 18.2 Å². The van der Waals surface area contributed by atoms with Crippen LogP contribution < -0.4 is 0 Å². The third kappa shape index (κ3) is 1.39. The van der Waals surface area contributed by atoms with E-state index in [-0.39, 0.29) is 6.10 Å². The minimum absolute atomic E-state index is 0.232. The molecule has 19 heavy (non-hydrogen) atoms. The molecule has 0 amide bonds. The lowest BCUT2D eigenvalue weighted by Crippen LogP contribution is -2.08. The summed E-state index contributed by atoms with van der Waals surface area (Å²) < 4.78 is 5.46. The molecule has 3 saturated carbocycles. The SMILES string of the molecule is OC(c1ccc2c(c1)COC2)C1C2C3CCC(C3)C21. The van der Waals surface area contributed by atoms with Crippen LogP contribution in [0.3, 0.4) is 0 Å². The summed E-state index contributed by atoms with van der Waals surface area (Å²) >= 11 is 0. The van der Waals surface area contributed by atoms with Gasteiger partial charge in [0.1, 0.15) is 0 Å². The number of benzene rings is 1. The third-order valence-electron chi connectivity index (χ3n) is 6.25. The zero-order valence-electron chi connectivity index (χ0n) is 11.1. The molecule has 0 radical (unpaired) electrons. The van der Waals surface area contributed by atoms with Crippen molar-refractivity contribution in [2.75, 3.05) is 0 Å². The van der Waals surface area contributed by atoms with Crippen LogP contribution in [-0.4, -0.2) is 5.11 Å². The van der Waals surface area contributed by atoms with E-state index in [4.69, 9.17) is 4.74 Å². The van der Waals surface area contributed by atoms with Gasteiger partial charge in [-0.25, -0.2) is 0 Å². The van der Waals surface area contributed by atoms with Crippen molar-refractivity contribution in [3.05, 3.63) is 34.9 Å². The minimum Gasteiger partial charge on any atom is -0.388 e. The second-order valence-electron chi connectivity index (χ2n) is 7.03. The van der Waals surface area contributed by atoms with Gasteiger partial charge in [0.25, 0.3) is 0 Å². The molecule has 1 heterocycles. The van der Waals surface area contributed by atoms with Crippen molar-refractivity contribution >= 4 is 0 Å². The van der Waals surface area contributed by atoms with Crippen molar-refractivity contribution in [3.8, 4) is 0 Å². The fraction of sp³-hybridized carbons (Fsp3) is 0.647. The Kier molecular flexibility index (Phi) is 2.07. The van der Waals surface area contributed by atoms with Gasteiger partial charge in [0.15, 0.2) is 0 Å². The second-order valence-corrected chi connectivity index (χ2v) is 7.03. The molecule has 2 nitrogen and oxygen atoms in total. The average Bonchev–Trinajstić information content (AvgIpc) is 2.84. The Morgan fingerprint density at radius 1 is 1.05 bits per heavy atom. The number of aliphatic hydroxyl groups is 1. The summed E-state index contributed by atoms with van der Waals surface area (Å²) in [7, 11) is 0. The van der Waals surface area contributed by atoms with Gasteiger partial charge in [-0.15, -0.1) is 0 Å². The number of hydrogen-bond acceptors (Lipinski definition) is 2. The van der Waals surface area contributed by atoms with Crippen LogP contribution in [0.1, 0.15) is 42.1 Å². The lowest BCUT2D eigenvalue weighted by atomic mass is 9.93. The van der Waals surface area contributed by atoms with Crippen molar-refractivity contribution in [2.24, 2.45) is 29.6 Å². The molecule has 0 saturated heterocycles. The fourth-order valence-corrected chi connectivity index (χ4v) is 5.41.